The maximum absolute atomic E-state index is 13.0. The fourth-order valence-corrected chi connectivity index (χ4v) is 4.34. The highest BCUT2D eigenvalue weighted by molar-refractivity contribution is 6.18. The van der Waals surface area contributed by atoms with Crippen LogP contribution in [0, 0.1) is 5.41 Å². The third kappa shape index (κ3) is 7.40. The van der Waals surface area contributed by atoms with Gasteiger partial charge in [-0.15, -0.1) is 23.2 Å². The second-order valence-corrected chi connectivity index (χ2v) is 9.34. The van der Waals surface area contributed by atoms with Gasteiger partial charge < -0.3 is 31.6 Å². The average Bonchev–Trinajstić information content (AvgIpc) is 3.36. The van der Waals surface area contributed by atoms with Crippen LogP contribution in [0.3, 0.4) is 0 Å². The molecule has 1 heterocycles. The minimum atomic E-state index is -0.318. The van der Waals surface area contributed by atoms with Crippen LogP contribution in [0.5, 0.6) is 0 Å². The number of guanidine groups is 1. The van der Waals surface area contributed by atoms with Crippen LogP contribution < -0.4 is 26.6 Å². The SMILES string of the molecule is N=C(N)NCC(=O)Nc1ccc(-c2nc3cc(C(=O)Nc4cccc(N(CCCl)CCCl)c4)ccc3[nH]2)cc1. The predicted octanol–water partition coefficient (Wildman–Crippen LogP) is 4.19. The Morgan fingerprint density at radius 1 is 0.949 bits per heavy atom. The average molecular weight is 567 g/mol. The standard InChI is InChI=1S/C27H28Cl2N8O2/c28-10-12-37(13-11-29)21-3-1-2-20(15-21)34-26(39)18-6-9-22-23(14-18)36-25(35-22)17-4-7-19(8-5-17)33-24(38)16-32-27(30)31/h1-9,14-15H,10-13,16H2,(H,33,38)(H,34,39)(H,35,36)(H4,30,31,32). The normalized spacial score (nSPS) is 10.7. The first kappa shape index (κ1) is 27.7. The van der Waals surface area contributed by atoms with E-state index in [2.05, 4.69) is 30.8 Å². The summed E-state index contributed by atoms with van der Waals surface area (Å²) in [6.45, 7) is 1.21. The molecule has 7 N–H and O–H groups in total. The molecule has 0 radical (unpaired) electrons. The van der Waals surface area contributed by atoms with Gasteiger partial charge in [0.25, 0.3) is 5.91 Å². The number of carbonyl (C=O) groups is 2. The molecule has 2 amide bonds. The third-order valence-corrected chi connectivity index (χ3v) is 6.14. The van der Waals surface area contributed by atoms with Crippen LogP contribution in [0.2, 0.25) is 0 Å². The summed E-state index contributed by atoms with van der Waals surface area (Å²) < 4.78 is 0. The number of aromatic nitrogens is 2. The Bertz CT molecular complexity index is 1470. The van der Waals surface area contributed by atoms with Crippen molar-refractivity contribution in [1.29, 1.82) is 5.41 Å². The highest BCUT2D eigenvalue weighted by Gasteiger charge is 2.12. The Balaban J connectivity index is 1.45. The Hall–Kier alpha value is -4.28. The fourth-order valence-electron chi connectivity index (χ4n) is 3.93. The lowest BCUT2D eigenvalue weighted by Crippen LogP contribution is -2.36. The molecule has 0 saturated heterocycles. The summed E-state index contributed by atoms with van der Waals surface area (Å²) in [5.74, 6) is 0.735. The zero-order chi connectivity index (χ0) is 27.8. The number of fused-ring (bicyclic) bond motifs is 1. The van der Waals surface area contributed by atoms with Gasteiger partial charge in [-0.25, -0.2) is 4.98 Å². The Kier molecular flexibility index (Phi) is 9.24. The number of halogens is 2. The van der Waals surface area contributed by atoms with E-state index in [9.17, 15) is 9.59 Å². The summed E-state index contributed by atoms with van der Waals surface area (Å²) in [7, 11) is 0. The molecular formula is C27H28Cl2N8O2. The van der Waals surface area contributed by atoms with Crippen molar-refractivity contribution in [3.8, 4) is 11.4 Å². The van der Waals surface area contributed by atoms with Crippen LogP contribution in [0.15, 0.2) is 66.7 Å². The number of nitrogens with zero attached hydrogens (tertiary/aromatic N) is 2. The van der Waals surface area contributed by atoms with Gasteiger partial charge in [0.1, 0.15) is 5.82 Å². The van der Waals surface area contributed by atoms with Gasteiger partial charge in [0.15, 0.2) is 5.96 Å². The van der Waals surface area contributed by atoms with Crippen molar-refractivity contribution in [3.63, 3.8) is 0 Å². The smallest absolute Gasteiger partial charge is 0.255 e. The van der Waals surface area contributed by atoms with Crippen molar-refractivity contribution >= 4 is 69.1 Å². The number of hydrogen-bond donors (Lipinski definition) is 6. The number of amides is 2. The predicted molar refractivity (Wildman–Crippen MR) is 158 cm³/mol. The third-order valence-electron chi connectivity index (χ3n) is 5.80. The molecule has 0 saturated carbocycles. The molecule has 4 rings (SSSR count). The lowest BCUT2D eigenvalue weighted by Gasteiger charge is -2.23. The fraction of sp³-hybridized carbons (Fsp3) is 0.185. The van der Waals surface area contributed by atoms with Crippen molar-refractivity contribution in [2.24, 2.45) is 5.73 Å². The van der Waals surface area contributed by atoms with Crippen LogP contribution in [-0.4, -0.2) is 59.1 Å². The highest BCUT2D eigenvalue weighted by atomic mass is 35.5. The van der Waals surface area contributed by atoms with E-state index < -0.39 is 0 Å². The molecular weight excluding hydrogens is 539 g/mol. The molecule has 39 heavy (non-hydrogen) atoms. The molecule has 12 heteroatoms. The topological polar surface area (TPSA) is 152 Å². The monoisotopic (exact) mass is 566 g/mol. The van der Waals surface area contributed by atoms with E-state index in [1.165, 1.54) is 0 Å². The minimum absolute atomic E-state index is 0.0947. The number of nitrogens with one attached hydrogen (secondary N) is 5. The van der Waals surface area contributed by atoms with Crippen molar-refractivity contribution in [1.82, 2.24) is 15.3 Å². The number of rotatable bonds is 11. The van der Waals surface area contributed by atoms with E-state index in [0.29, 0.717) is 53.1 Å². The van der Waals surface area contributed by atoms with E-state index in [4.69, 9.17) is 34.3 Å². The summed E-state index contributed by atoms with van der Waals surface area (Å²) in [5.41, 5.74) is 10.1. The van der Waals surface area contributed by atoms with Gasteiger partial charge in [0.2, 0.25) is 5.91 Å². The van der Waals surface area contributed by atoms with E-state index in [-0.39, 0.29) is 24.3 Å². The maximum atomic E-state index is 13.0. The first-order chi connectivity index (χ1) is 18.9. The zero-order valence-electron chi connectivity index (χ0n) is 20.9. The van der Waals surface area contributed by atoms with Gasteiger partial charge in [-0.05, 0) is 60.7 Å². The molecule has 4 aromatic rings. The molecule has 0 aliphatic carbocycles. The van der Waals surface area contributed by atoms with Gasteiger partial charge in [0, 0.05) is 53.0 Å². The van der Waals surface area contributed by atoms with Gasteiger partial charge >= 0.3 is 0 Å². The van der Waals surface area contributed by atoms with Crippen molar-refractivity contribution in [2.75, 3.05) is 46.9 Å². The van der Waals surface area contributed by atoms with Gasteiger partial charge in [-0.3, -0.25) is 15.0 Å². The van der Waals surface area contributed by atoms with Gasteiger partial charge in [0.05, 0.1) is 17.6 Å². The molecule has 0 bridgehead atoms. The molecule has 0 aliphatic rings. The summed E-state index contributed by atoms with van der Waals surface area (Å²) in [6, 6.07) is 20.0. The summed E-state index contributed by atoms with van der Waals surface area (Å²) in [6.07, 6.45) is 0. The van der Waals surface area contributed by atoms with Crippen molar-refractivity contribution in [2.45, 2.75) is 0 Å². The number of anilines is 3. The second-order valence-electron chi connectivity index (χ2n) is 8.58. The van der Waals surface area contributed by atoms with E-state index >= 15 is 0 Å². The van der Waals surface area contributed by atoms with E-state index in [1.807, 2.05) is 42.5 Å². The Morgan fingerprint density at radius 2 is 1.69 bits per heavy atom. The van der Waals surface area contributed by atoms with Crippen LogP contribution >= 0.6 is 23.2 Å². The number of nitrogens with two attached hydrogens (primary N) is 1. The number of hydrogen-bond acceptors (Lipinski definition) is 5. The summed E-state index contributed by atoms with van der Waals surface area (Å²) in [5, 5.41) is 15.2. The first-order valence-electron chi connectivity index (χ1n) is 12.1. The molecule has 0 spiro atoms. The summed E-state index contributed by atoms with van der Waals surface area (Å²) >= 11 is 11.9. The van der Waals surface area contributed by atoms with E-state index in [1.54, 1.807) is 24.3 Å². The molecule has 10 nitrogen and oxygen atoms in total. The van der Waals surface area contributed by atoms with Crippen LogP contribution in [-0.2, 0) is 4.79 Å². The maximum Gasteiger partial charge on any atom is 0.255 e. The van der Waals surface area contributed by atoms with Crippen molar-refractivity contribution < 1.29 is 9.59 Å². The lowest BCUT2D eigenvalue weighted by molar-refractivity contribution is -0.115. The number of benzene rings is 3. The number of carbonyl (C=O) groups excluding carboxylic acids is 2. The molecule has 202 valence electrons. The number of alkyl halides is 2. The quantitative estimate of drug-likeness (QED) is 0.0909. The second kappa shape index (κ2) is 13.0. The zero-order valence-corrected chi connectivity index (χ0v) is 22.4. The van der Waals surface area contributed by atoms with Gasteiger partial charge in [-0.1, -0.05) is 6.07 Å². The van der Waals surface area contributed by atoms with Crippen molar-refractivity contribution in [3.05, 3.63) is 72.3 Å². The molecule has 0 aliphatic heterocycles. The highest BCUT2D eigenvalue weighted by Crippen LogP contribution is 2.24. The summed E-state index contributed by atoms with van der Waals surface area (Å²) in [4.78, 5) is 34.9. The largest absolute Gasteiger partial charge is 0.370 e. The number of imidazole rings is 1. The molecule has 1 aromatic heterocycles. The minimum Gasteiger partial charge on any atom is -0.370 e. The van der Waals surface area contributed by atoms with Gasteiger partial charge in [-0.2, -0.15) is 0 Å². The molecule has 0 unspecified atom stereocenters. The Morgan fingerprint density at radius 3 is 2.38 bits per heavy atom. The molecule has 0 fully saturated rings. The Labute approximate surface area is 235 Å². The first-order valence-corrected chi connectivity index (χ1v) is 13.2. The number of aromatic amines is 1. The van der Waals surface area contributed by atoms with Crippen LogP contribution in [0.25, 0.3) is 22.4 Å². The van der Waals surface area contributed by atoms with E-state index in [0.717, 1.165) is 16.8 Å². The van der Waals surface area contributed by atoms with Crippen LogP contribution in [0.1, 0.15) is 10.4 Å². The lowest BCUT2D eigenvalue weighted by atomic mass is 10.1. The van der Waals surface area contributed by atoms with Crippen LogP contribution in [0.4, 0.5) is 17.1 Å². The molecule has 0 atom stereocenters. The number of H-pyrrole nitrogens is 1. The molecule has 3 aromatic carbocycles.